The van der Waals surface area contributed by atoms with Crippen molar-refractivity contribution in [3.05, 3.63) is 0 Å². The number of carbonyl (C=O) groups excluding carboxylic acids is 3. The van der Waals surface area contributed by atoms with Gasteiger partial charge in [0.2, 0.25) is 0 Å². The highest BCUT2D eigenvalue weighted by Gasteiger charge is 2.49. The van der Waals surface area contributed by atoms with Crippen LogP contribution in [0.3, 0.4) is 0 Å². The van der Waals surface area contributed by atoms with E-state index in [1.54, 1.807) is 41.5 Å². The lowest BCUT2D eigenvalue weighted by atomic mass is 9.98. The van der Waals surface area contributed by atoms with Gasteiger partial charge in [0.25, 0.3) is 0 Å². The summed E-state index contributed by atoms with van der Waals surface area (Å²) in [6, 6.07) is 0. The molecule has 2 N–H and O–H groups in total. The minimum absolute atomic E-state index is 0.341. The van der Waals surface area contributed by atoms with E-state index in [0.29, 0.717) is 0 Å². The molecule has 5 atom stereocenters. The summed E-state index contributed by atoms with van der Waals surface area (Å²) in [6.45, 7) is 9.35. The minimum Gasteiger partial charge on any atom is -0.463 e. The van der Waals surface area contributed by atoms with Gasteiger partial charge in [0.1, 0.15) is 18.8 Å². The largest absolute Gasteiger partial charge is 0.463 e. The van der Waals surface area contributed by atoms with E-state index in [1.807, 2.05) is 0 Å². The Hall–Kier alpha value is -1.71. The van der Waals surface area contributed by atoms with Crippen molar-refractivity contribution in [2.75, 3.05) is 6.61 Å². The fraction of sp³-hybridized carbons (Fsp3) is 0.833. The Labute approximate surface area is 158 Å². The van der Waals surface area contributed by atoms with Gasteiger partial charge in [-0.2, -0.15) is 0 Å². The third-order valence-electron chi connectivity index (χ3n) is 3.94. The van der Waals surface area contributed by atoms with E-state index in [9.17, 15) is 24.6 Å². The SMILES string of the molecule is CC(C)C(=O)OC[C@H]1O[C@@H](O)[C@H](OC(=O)C(C)C)[C@@H](O)[C@@H]1OC(=O)C(C)C. The maximum Gasteiger partial charge on any atom is 0.308 e. The zero-order chi connectivity index (χ0) is 20.9. The van der Waals surface area contributed by atoms with Gasteiger partial charge in [-0.3, -0.25) is 14.4 Å². The van der Waals surface area contributed by atoms with E-state index >= 15 is 0 Å². The van der Waals surface area contributed by atoms with Crippen LogP contribution in [0.2, 0.25) is 0 Å². The number of esters is 3. The van der Waals surface area contributed by atoms with Gasteiger partial charge in [-0.1, -0.05) is 41.5 Å². The molecule has 0 spiro atoms. The Kier molecular flexibility index (Phi) is 8.64. The van der Waals surface area contributed by atoms with Crippen LogP contribution in [0.4, 0.5) is 0 Å². The van der Waals surface area contributed by atoms with Crippen molar-refractivity contribution in [1.29, 1.82) is 0 Å². The summed E-state index contributed by atoms with van der Waals surface area (Å²) in [7, 11) is 0. The van der Waals surface area contributed by atoms with Crippen LogP contribution in [0.25, 0.3) is 0 Å². The number of hydrogen-bond acceptors (Lipinski definition) is 9. The number of carbonyl (C=O) groups is 3. The van der Waals surface area contributed by atoms with Gasteiger partial charge < -0.3 is 29.2 Å². The Balaban J connectivity index is 2.97. The van der Waals surface area contributed by atoms with Crippen LogP contribution in [-0.4, -0.2) is 65.4 Å². The zero-order valence-electron chi connectivity index (χ0n) is 16.6. The molecular weight excluding hydrogens is 360 g/mol. The molecule has 1 saturated heterocycles. The Morgan fingerprint density at radius 2 is 1.26 bits per heavy atom. The van der Waals surface area contributed by atoms with E-state index < -0.39 is 60.4 Å². The molecule has 0 unspecified atom stereocenters. The first kappa shape index (κ1) is 23.3. The first-order valence-corrected chi connectivity index (χ1v) is 9.04. The maximum atomic E-state index is 12.0. The molecule has 0 radical (unpaired) electrons. The predicted octanol–water partition coefficient (Wildman–Crippen LogP) is 0.399. The highest BCUT2D eigenvalue weighted by Crippen LogP contribution is 2.26. The average molecular weight is 390 g/mol. The molecule has 9 nitrogen and oxygen atoms in total. The summed E-state index contributed by atoms with van der Waals surface area (Å²) in [5.74, 6) is -3.15. The fourth-order valence-electron chi connectivity index (χ4n) is 2.19. The van der Waals surface area contributed by atoms with Crippen LogP contribution in [0, 0.1) is 17.8 Å². The third kappa shape index (κ3) is 6.44. The predicted molar refractivity (Wildman–Crippen MR) is 92.1 cm³/mol. The molecule has 0 amide bonds. The summed E-state index contributed by atoms with van der Waals surface area (Å²) >= 11 is 0. The average Bonchev–Trinajstić information content (AvgIpc) is 2.58. The molecule has 9 heteroatoms. The molecule has 27 heavy (non-hydrogen) atoms. The monoisotopic (exact) mass is 390 g/mol. The molecule has 1 rings (SSSR count). The molecule has 156 valence electrons. The quantitative estimate of drug-likeness (QED) is 0.469. The van der Waals surface area contributed by atoms with Crippen molar-refractivity contribution in [2.24, 2.45) is 17.8 Å². The van der Waals surface area contributed by atoms with Gasteiger partial charge in [0.05, 0.1) is 17.8 Å². The zero-order valence-corrected chi connectivity index (χ0v) is 16.6. The molecule has 1 aliphatic rings. The van der Waals surface area contributed by atoms with E-state index in [-0.39, 0.29) is 12.5 Å². The van der Waals surface area contributed by atoms with Gasteiger partial charge in [0.15, 0.2) is 18.5 Å². The molecule has 1 fully saturated rings. The lowest BCUT2D eigenvalue weighted by Crippen LogP contribution is -2.61. The van der Waals surface area contributed by atoms with Crippen molar-refractivity contribution in [3.63, 3.8) is 0 Å². The van der Waals surface area contributed by atoms with Gasteiger partial charge in [-0.25, -0.2) is 0 Å². The van der Waals surface area contributed by atoms with Gasteiger partial charge >= 0.3 is 17.9 Å². The number of ether oxygens (including phenoxy) is 4. The summed E-state index contributed by atoms with van der Waals surface area (Å²) < 4.78 is 20.8. The van der Waals surface area contributed by atoms with Gasteiger partial charge in [-0.05, 0) is 0 Å². The molecule has 1 aliphatic heterocycles. The van der Waals surface area contributed by atoms with Crippen LogP contribution in [-0.2, 0) is 33.3 Å². The normalized spacial score (nSPS) is 28.3. The summed E-state index contributed by atoms with van der Waals surface area (Å²) in [6.07, 6.45) is -7.06. The van der Waals surface area contributed by atoms with Crippen LogP contribution in [0.5, 0.6) is 0 Å². The first-order chi connectivity index (χ1) is 12.5. The second-order valence-corrected chi connectivity index (χ2v) is 7.45. The van der Waals surface area contributed by atoms with Crippen molar-refractivity contribution in [1.82, 2.24) is 0 Å². The standard InChI is InChI=1S/C18H30O9/c1-8(2)15(20)24-7-11-13(26-16(21)9(3)4)12(19)14(18(23)25-11)27-17(22)10(5)6/h8-14,18-19,23H,7H2,1-6H3/t11-,12+,13-,14-,18-/m1/s1. The number of rotatable bonds is 7. The summed E-state index contributed by atoms with van der Waals surface area (Å²) in [5.41, 5.74) is 0. The van der Waals surface area contributed by atoms with Crippen molar-refractivity contribution in [3.8, 4) is 0 Å². The smallest absolute Gasteiger partial charge is 0.308 e. The molecule has 1 heterocycles. The van der Waals surface area contributed by atoms with E-state index in [2.05, 4.69) is 0 Å². The molecule has 0 bridgehead atoms. The summed E-state index contributed by atoms with van der Waals surface area (Å²) in [5, 5.41) is 20.7. The fourth-order valence-corrected chi connectivity index (χ4v) is 2.19. The van der Waals surface area contributed by atoms with E-state index in [1.165, 1.54) is 0 Å². The lowest BCUT2D eigenvalue weighted by molar-refractivity contribution is -0.295. The molecule has 0 aromatic heterocycles. The highest BCUT2D eigenvalue weighted by molar-refractivity contribution is 5.73. The van der Waals surface area contributed by atoms with E-state index in [0.717, 1.165) is 0 Å². The lowest BCUT2D eigenvalue weighted by Gasteiger charge is -2.41. The highest BCUT2D eigenvalue weighted by atomic mass is 16.7. The maximum absolute atomic E-state index is 12.0. The molecule has 0 aromatic rings. The number of hydrogen-bond donors (Lipinski definition) is 2. The summed E-state index contributed by atoms with van der Waals surface area (Å²) in [4.78, 5) is 35.5. The Bertz CT molecular complexity index is 527. The topological polar surface area (TPSA) is 129 Å². The van der Waals surface area contributed by atoms with Crippen molar-refractivity contribution >= 4 is 17.9 Å². The number of aliphatic hydroxyl groups excluding tert-OH is 2. The van der Waals surface area contributed by atoms with Gasteiger partial charge in [0, 0.05) is 0 Å². The molecule has 0 saturated carbocycles. The Morgan fingerprint density at radius 1 is 0.815 bits per heavy atom. The molecule has 0 aromatic carbocycles. The third-order valence-corrected chi connectivity index (χ3v) is 3.94. The van der Waals surface area contributed by atoms with Gasteiger partial charge in [-0.15, -0.1) is 0 Å². The molecule has 0 aliphatic carbocycles. The van der Waals surface area contributed by atoms with Crippen LogP contribution >= 0.6 is 0 Å². The van der Waals surface area contributed by atoms with E-state index in [4.69, 9.17) is 18.9 Å². The number of aliphatic hydroxyl groups is 2. The van der Waals surface area contributed by atoms with Crippen LogP contribution in [0.15, 0.2) is 0 Å². The van der Waals surface area contributed by atoms with Crippen LogP contribution in [0.1, 0.15) is 41.5 Å². The second-order valence-electron chi connectivity index (χ2n) is 7.45. The second kappa shape index (κ2) is 10.0. The van der Waals surface area contributed by atoms with Crippen molar-refractivity contribution in [2.45, 2.75) is 72.2 Å². The first-order valence-electron chi connectivity index (χ1n) is 9.04. The van der Waals surface area contributed by atoms with Crippen molar-refractivity contribution < 1.29 is 43.5 Å². The Morgan fingerprint density at radius 3 is 1.70 bits per heavy atom. The minimum atomic E-state index is -1.67. The van der Waals surface area contributed by atoms with Crippen LogP contribution < -0.4 is 0 Å². The molecular formula is C18H30O9.